The highest BCUT2D eigenvalue weighted by Gasteiger charge is 2.30. The molecule has 3 fully saturated rings. The third-order valence-corrected chi connectivity index (χ3v) is 4.55. The number of rotatable bonds is 3. The van der Waals surface area contributed by atoms with Crippen molar-refractivity contribution in [2.45, 2.75) is 44.2 Å². The maximum absolute atomic E-state index is 3.61. The van der Waals surface area contributed by atoms with E-state index in [0.29, 0.717) is 0 Å². The van der Waals surface area contributed by atoms with Gasteiger partial charge in [0.15, 0.2) is 0 Å². The van der Waals surface area contributed by atoms with E-state index in [0.717, 1.165) is 12.1 Å². The van der Waals surface area contributed by atoms with Crippen LogP contribution in [0.15, 0.2) is 0 Å². The number of hydrogen-bond acceptors (Lipinski definition) is 3. The Morgan fingerprint density at radius 3 is 2.62 bits per heavy atom. The molecule has 0 aromatic rings. The molecule has 16 heavy (non-hydrogen) atoms. The van der Waals surface area contributed by atoms with Gasteiger partial charge in [-0.1, -0.05) is 0 Å². The lowest BCUT2D eigenvalue weighted by Crippen LogP contribution is -2.39. The lowest BCUT2D eigenvalue weighted by atomic mass is 10.2. The summed E-state index contributed by atoms with van der Waals surface area (Å²) in [6, 6.07) is 1.67. The predicted octanol–water partition coefficient (Wildman–Crippen LogP) is 0.908. The van der Waals surface area contributed by atoms with Crippen molar-refractivity contribution in [1.82, 2.24) is 15.1 Å². The van der Waals surface area contributed by atoms with Crippen LogP contribution in [0.5, 0.6) is 0 Å². The van der Waals surface area contributed by atoms with Crippen LogP contribution in [-0.2, 0) is 0 Å². The molecule has 3 heteroatoms. The molecule has 0 radical (unpaired) electrons. The largest absolute Gasteiger partial charge is 0.313 e. The molecule has 0 saturated carbocycles. The molecule has 92 valence electrons. The molecule has 3 saturated heterocycles. The normalized spacial score (nSPS) is 37.5. The van der Waals surface area contributed by atoms with E-state index in [1.165, 1.54) is 71.4 Å². The molecule has 1 unspecified atom stereocenters. The van der Waals surface area contributed by atoms with Crippen LogP contribution in [0, 0.1) is 0 Å². The van der Waals surface area contributed by atoms with E-state index in [1.54, 1.807) is 0 Å². The minimum atomic E-state index is 0.789. The third kappa shape index (κ3) is 2.41. The fraction of sp³-hybridized carbons (Fsp3) is 1.00. The minimum Gasteiger partial charge on any atom is -0.313 e. The van der Waals surface area contributed by atoms with E-state index in [2.05, 4.69) is 15.1 Å². The Morgan fingerprint density at radius 2 is 1.88 bits per heavy atom. The topological polar surface area (TPSA) is 18.5 Å². The fourth-order valence-electron chi connectivity index (χ4n) is 3.61. The van der Waals surface area contributed by atoms with Gasteiger partial charge in [-0.2, -0.15) is 0 Å². The summed E-state index contributed by atoms with van der Waals surface area (Å²) in [4.78, 5) is 5.41. The maximum atomic E-state index is 3.61. The number of hydrogen-bond donors (Lipinski definition) is 1. The summed E-state index contributed by atoms with van der Waals surface area (Å²) < 4.78 is 0. The fourth-order valence-corrected chi connectivity index (χ4v) is 3.61. The summed E-state index contributed by atoms with van der Waals surface area (Å²) in [5, 5.41) is 3.61. The van der Waals surface area contributed by atoms with Gasteiger partial charge in [-0.05, 0) is 58.3 Å². The summed E-state index contributed by atoms with van der Waals surface area (Å²) >= 11 is 0. The first-order valence-electron chi connectivity index (χ1n) is 7.11. The average molecular weight is 223 g/mol. The van der Waals surface area contributed by atoms with E-state index in [-0.39, 0.29) is 0 Å². The molecule has 0 amide bonds. The van der Waals surface area contributed by atoms with Crippen LogP contribution in [0.2, 0.25) is 0 Å². The van der Waals surface area contributed by atoms with Crippen LogP contribution >= 0.6 is 0 Å². The lowest BCUT2D eigenvalue weighted by molar-refractivity contribution is 0.225. The van der Waals surface area contributed by atoms with Crippen molar-refractivity contribution >= 4 is 0 Å². The molecule has 1 N–H and O–H groups in total. The number of nitrogens with zero attached hydrogens (tertiary/aromatic N) is 2. The summed E-state index contributed by atoms with van der Waals surface area (Å²) in [6.07, 6.45) is 7.05. The molecule has 0 aliphatic carbocycles. The van der Waals surface area contributed by atoms with Gasteiger partial charge >= 0.3 is 0 Å². The molecule has 0 aromatic carbocycles. The predicted molar refractivity (Wildman–Crippen MR) is 66.7 cm³/mol. The molecular weight excluding hydrogens is 198 g/mol. The van der Waals surface area contributed by atoms with Gasteiger partial charge in [0.2, 0.25) is 0 Å². The summed E-state index contributed by atoms with van der Waals surface area (Å²) in [7, 11) is 0. The zero-order chi connectivity index (χ0) is 10.8. The van der Waals surface area contributed by atoms with Crippen molar-refractivity contribution in [3.8, 4) is 0 Å². The molecule has 3 heterocycles. The Labute approximate surface area is 99.2 Å². The van der Waals surface area contributed by atoms with Crippen LogP contribution in [-0.4, -0.2) is 61.2 Å². The Morgan fingerprint density at radius 1 is 1.00 bits per heavy atom. The summed E-state index contributed by atoms with van der Waals surface area (Å²) in [5.41, 5.74) is 0. The van der Waals surface area contributed by atoms with Crippen LogP contribution < -0.4 is 5.32 Å². The molecule has 3 rings (SSSR count). The van der Waals surface area contributed by atoms with Crippen molar-refractivity contribution < 1.29 is 0 Å². The Bertz CT molecular complexity index is 219. The zero-order valence-electron chi connectivity index (χ0n) is 10.3. The first-order chi connectivity index (χ1) is 7.92. The third-order valence-electron chi connectivity index (χ3n) is 4.55. The lowest BCUT2D eigenvalue weighted by Gasteiger charge is -2.25. The van der Waals surface area contributed by atoms with Gasteiger partial charge < -0.3 is 10.2 Å². The van der Waals surface area contributed by atoms with Crippen molar-refractivity contribution in [3.05, 3.63) is 0 Å². The smallest absolute Gasteiger partial charge is 0.0235 e. The van der Waals surface area contributed by atoms with E-state index in [4.69, 9.17) is 0 Å². The van der Waals surface area contributed by atoms with E-state index >= 15 is 0 Å². The van der Waals surface area contributed by atoms with Gasteiger partial charge in [-0.15, -0.1) is 0 Å². The monoisotopic (exact) mass is 223 g/mol. The zero-order valence-corrected chi connectivity index (χ0v) is 10.3. The van der Waals surface area contributed by atoms with Crippen LogP contribution in [0.1, 0.15) is 32.1 Å². The average Bonchev–Trinajstić information content (AvgIpc) is 2.99. The first-order valence-corrected chi connectivity index (χ1v) is 7.11. The highest BCUT2D eigenvalue weighted by Crippen LogP contribution is 2.21. The van der Waals surface area contributed by atoms with Crippen molar-refractivity contribution in [2.24, 2.45) is 0 Å². The summed E-state index contributed by atoms with van der Waals surface area (Å²) in [5.74, 6) is 0. The van der Waals surface area contributed by atoms with Gasteiger partial charge in [-0.25, -0.2) is 0 Å². The van der Waals surface area contributed by atoms with Crippen molar-refractivity contribution in [2.75, 3.05) is 39.3 Å². The van der Waals surface area contributed by atoms with Gasteiger partial charge in [0.25, 0.3) is 0 Å². The second-order valence-electron chi connectivity index (χ2n) is 5.74. The SMILES string of the molecule is C1CN[C@@H](CN2CCC(N3CCCC3)C2)C1. The van der Waals surface area contributed by atoms with Crippen LogP contribution in [0.3, 0.4) is 0 Å². The van der Waals surface area contributed by atoms with Crippen molar-refractivity contribution in [1.29, 1.82) is 0 Å². The minimum absolute atomic E-state index is 0.789. The van der Waals surface area contributed by atoms with Gasteiger partial charge in [-0.3, -0.25) is 4.90 Å². The van der Waals surface area contributed by atoms with Crippen LogP contribution in [0.25, 0.3) is 0 Å². The molecule has 2 atom stereocenters. The molecule has 0 aromatic heterocycles. The van der Waals surface area contributed by atoms with Gasteiger partial charge in [0.05, 0.1) is 0 Å². The maximum Gasteiger partial charge on any atom is 0.0235 e. The summed E-state index contributed by atoms with van der Waals surface area (Å²) in [6.45, 7) is 7.93. The number of nitrogens with one attached hydrogen (secondary N) is 1. The second-order valence-corrected chi connectivity index (χ2v) is 5.74. The number of likely N-dealkylation sites (tertiary alicyclic amines) is 2. The van der Waals surface area contributed by atoms with E-state index < -0.39 is 0 Å². The highest BCUT2D eigenvalue weighted by molar-refractivity contribution is 4.88. The molecule has 0 bridgehead atoms. The quantitative estimate of drug-likeness (QED) is 0.767. The van der Waals surface area contributed by atoms with E-state index in [1.807, 2.05) is 0 Å². The second kappa shape index (κ2) is 5.03. The Balaban J connectivity index is 1.45. The first kappa shape index (κ1) is 11.0. The molecule has 0 spiro atoms. The van der Waals surface area contributed by atoms with Gasteiger partial charge in [0, 0.05) is 25.2 Å². The molecule has 3 aliphatic rings. The van der Waals surface area contributed by atoms with Gasteiger partial charge in [0.1, 0.15) is 0 Å². The van der Waals surface area contributed by atoms with Crippen LogP contribution in [0.4, 0.5) is 0 Å². The Hall–Kier alpha value is -0.120. The highest BCUT2D eigenvalue weighted by atomic mass is 15.3. The standard InChI is InChI=1S/C13H25N3/c1-2-8-16(7-1)13-5-9-15(11-13)10-12-4-3-6-14-12/h12-14H,1-11H2/t12-,13?/m1/s1. The van der Waals surface area contributed by atoms with Crippen molar-refractivity contribution in [3.63, 3.8) is 0 Å². The Kier molecular flexibility index (Phi) is 3.46. The molecule has 3 nitrogen and oxygen atoms in total. The molecular formula is C13H25N3. The molecule has 3 aliphatic heterocycles. The van der Waals surface area contributed by atoms with E-state index in [9.17, 15) is 0 Å².